The number of ether oxygens (including phenoxy) is 6. The molecule has 3 heterocycles. The van der Waals surface area contributed by atoms with Gasteiger partial charge in [0.05, 0.1) is 36.3 Å². The lowest BCUT2D eigenvalue weighted by atomic mass is 9.33. The van der Waals surface area contributed by atoms with Gasteiger partial charge in [-0.3, -0.25) is 9.59 Å². The summed E-state index contributed by atoms with van der Waals surface area (Å²) in [6.07, 6.45) is -14.0. The van der Waals surface area contributed by atoms with Crippen LogP contribution in [0, 0.1) is 56.7 Å². The molecule has 0 aromatic heterocycles. The zero-order valence-corrected chi connectivity index (χ0v) is 38.6. The van der Waals surface area contributed by atoms with E-state index in [4.69, 9.17) is 28.4 Å². The van der Waals surface area contributed by atoms with Crippen molar-refractivity contribution in [1.82, 2.24) is 0 Å². The minimum atomic E-state index is -1.77. The summed E-state index contributed by atoms with van der Waals surface area (Å²) in [7, 11) is 0. The largest absolute Gasteiger partial charge is 0.481 e. The van der Waals surface area contributed by atoms with Crippen LogP contribution in [0.25, 0.3) is 0 Å². The van der Waals surface area contributed by atoms with Crippen molar-refractivity contribution in [2.75, 3.05) is 13.2 Å². The van der Waals surface area contributed by atoms with Crippen molar-refractivity contribution < 1.29 is 89.1 Å². The number of fused-ring (bicyclic) bond motifs is 7. The number of hydrogen-bond donors (Lipinski definition) is 10. The highest BCUT2D eigenvalue weighted by atomic mass is 16.7. The fraction of sp³-hybridized carbons (Fsp3) is 0.915. The third kappa shape index (κ3) is 7.41. The van der Waals surface area contributed by atoms with Gasteiger partial charge in [0.25, 0.3) is 0 Å². The first-order valence-corrected chi connectivity index (χ1v) is 23.9. The van der Waals surface area contributed by atoms with Crippen LogP contribution in [0.5, 0.6) is 0 Å². The predicted octanol–water partition coefficient (Wildman–Crippen LogP) is 0.728. The Balaban J connectivity index is 1.05. The van der Waals surface area contributed by atoms with E-state index >= 15 is 0 Å². The second-order valence-corrected chi connectivity index (χ2v) is 22.3. The Bertz CT molecular complexity index is 1810. The average Bonchev–Trinajstić information content (AvgIpc) is 3.25. The van der Waals surface area contributed by atoms with Crippen LogP contribution < -0.4 is 0 Å². The zero-order valence-electron chi connectivity index (χ0n) is 38.6. The molecule has 3 aliphatic heterocycles. The number of carboxylic acid groups (broad SMARTS) is 1. The number of allylic oxidation sites excluding steroid dienone is 1. The van der Waals surface area contributed by atoms with Crippen LogP contribution in [-0.2, 0) is 38.0 Å². The van der Waals surface area contributed by atoms with Crippen molar-refractivity contribution in [1.29, 1.82) is 0 Å². The van der Waals surface area contributed by atoms with Gasteiger partial charge < -0.3 is 79.5 Å². The number of esters is 1. The van der Waals surface area contributed by atoms with Crippen molar-refractivity contribution in [2.45, 2.75) is 198 Å². The lowest BCUT2D eigenvalue weighted by Gasteiger charge is -2.70. The maximum Gasteiger partial charge on any atom is 0.315 e. The van der Waals surface area contributed by atoms with Crippen molar-refractivity contribution in [3.8, 4) is 0 Å². The van der Waals surface area contributed by atoms with Gasteiger partial charge in [0, 0.05) is 0 Å². The first-order valence-electron chi connectivity index (χ1n) is 23.9. The Morgan fingerprint density at radius 1 is 0.723 bits per heavy atom. The number of rotatable bonds is 8. The molecule has 4 saturated carbocycles. The van der Waals surface area contributed by atoms with E-state index in [9.17, 15) is 60.7 Å². The lowest BCUT2D eigenvalue weighted by Crippen LogP contribution is -2.68. The second kappa shape index (κ2) is 17.5. The highest BCUT2D eigenvalue weighted by Crippen LogP contribution is 2.76. The van der Waals surface area contributed by atoms with Gasteiger partial charge in [-0.05, 0) is 111 Å². The molecule has 7 fully saturated rings. The predicted molar refractivity (Wildman–Crippen MR) is 225 cm³/mol. The number of carboxylic acids is 1. The summed E-state index contributed by atoms with van der Waals surface area (Å²) in [4.78, 5) is 29.0. The highest BCUT2D eigenvalue weighted by molar-refractivity contribution is 5.85. The molecule has 0 spiro atoms. The summed E-state index contributed by atoms with van der Waals surface area (Å²) in [5.74, 6) is -2.04. The van der Waals surface area contributed by atoms with E-state index in [2.05, 4.69) is 47.6 Å². The Kier molecular flexibility index (Phi) is 13.3. The van der Waals surface area contributed by atoms with Crippen LogP contribution in [0.2, 0.25) is 0 Å². The normalized spacial score (nSPS) is 54.2. The summed E-state index contributed by atoms with van der Waals surface area (Å²) in [5.41, 5.74) is -3.29. The van der Waals surface area contributed by atoms with Crippen molar-refractivity contribution in [3.63, 3.8) is 0 Å². The van der Waals surface area contributed by atoms with Crippen LogP contribution in [-0.4, -0.2) is 168 Å². The number of hydrogen-bond acceptors (Lipinski definition) is 17. The molecular formula is C47H74O18. The SMILES string of the molecule is CC1CCC2(C(=O)OC3OC(CO)C(O)C(O)C3O)CCC3(C(=O)O)C(=CCC4C5(C)CCC(OC6OC(C)C(O)C(OC7OCC(O)C(O)C7O)C6O)C(C)(C)C5CCC43C)C2C1C. The fourth-order valence-corrected chi connectivity index (χ4v) is 15.1. The van der Waals surface area contributed by atoms with Crippen LogP contribution in [0.15, 0.2) is 11.6 Å². The Hall–Kier alpha value is -1.88. The van der Waals surface area contributed by atoms with Gasteiger partial charge in [0.1, 0.15) is 61.0 Å². The summed E-state index contributed by atoms with van der Waals surface area (Å²) in [5, 5.41) is 107. The molecular weight excluding hydrogens is 852 g/mol. The van der Waals surface area contributed by atoms with Crippen LogP contribution >= 0.6 is 0 Å². The third-order valence-electron chi connectivity index (χ3n) is 19.0. The molecule has 24 unspecified atom stereocenters. The number of aliphatic hydroxyl groups excluding tert-OH is 9. The molecule has 24 atom stereocenters. The molecule has 0 amide bonds. The molecule has 10 N–H and O–H groups in total. The van der Waals surface area contributed by atoms with Crippen LogP contribution in [0.1, 0.15) is 106 Å². The van der Waals surface area contributed by atoms with Gasteiger partial charge in [-0.15, -0.1) is 0 Å². The summed E-state index contributed by atoms with van der Waals surface area (Å²) >= 11 is 0. The number of carbonyl (C=O) groups excluding carboxylic acids is 1. The zero-order chi connectivity index (χ0) is 47.5. The van der Waals surface area contributed by atoms with E-state index in [1.807, 2.05) is 0 Å². The van der Waals surface area contributed by atoms with Gasteiger partial charge in [-0.1, -0.05) is 53.2 Å². The standard InChI is InChI=1S/C47H74O18/c1-20-10-15-46(42(59)65-39-35(55)33(53)32(52)25(18-48)62-39)16-17-47(41(57)58)23(29(46)21(20)2)8-9-27-44(6)13-12-28(43(4,5)26(44)11-14-45(27,47)7)63-40-36(56)37(30(50)22(3)61-40)64-38-34(54)31(51)24(49)19-60-38/h8,20-22,24-40,48-56H,9-19H2,1-7H3,(H,57,58). The molecule has 8 aliphatic rings. The summed E-state index contributed by atoms with van der Waals surface area (Å²) < 4.78 is 35.6. The van der Waals surface area contributed by atoms with E-state index in [-0.39, 0.29) is 48.5 Å². The molecule has 18 heteroatoms. The monoisotopic (exact) mass is 926 g/mol. The van der Waals surface area contributed by atoms with Crippen molar-refractivity contribution in [2.24, 2.45) is 56.7 Å². The number of aliphatic carboxylic acids is 1. The molecule has 0 aromatic rings. The molecule has 3 saturated heterocycles. The maximum atomic E-state index is 14.7. The Labute approximate surface area is 380 Å². The fourth-order valence-electron chi connectivity index (χ4n) is 15.1. The van der Waals surface area contributed by atoms with Crippen LogP contribution in [0.4, 0.5) is 0 Å². The van der Waals surface area contributed by atoms with Gasteiger partial charge in [-0.25, -0.2) is 0 Å². The summed E-state index contributed by atoms with van der Waals surface area (Å²) in [6.45, 7) is 13.5. The van der Waals surface area contributed by atoms with Crippen LogP contribution in [0.3, 0.4) is 0 Å². The smallest absolute Gasteiger partial charge is 0.315 e. The molecule has 8 rings (SSSR count). The van der Waals surface area contributed by atoms with E-state index in [1.165, 1.54) is 0 Å². The molecule has 370 valence electrons. The lowest BCUT2D eigenvalue weighted by molar-refractivity contribution is -0.358. The average molecular weight is 927 g/mol. The molecule has 18 nitrogen and oxygen atoms in total. The summed E-state index contributed by atoms with van der Waals surface area (Å²) in [6, 6.07) is 0. The molecule has 65 heavy (non-hydrogen) atoms. The Morgan fingerprint density at radius 2 is 1.42 bits per heavy atom. The third-order valence-corrected chi connectivity index (χ3v) is 19.0. The van der Waals surface area contributed by atoms with E-state index in [0.717, 1.165) is 5.57 Å². The number of aliphatic hydroxyl groups is 9. The number of carbonyl (C=O) groups is 2. The second-order valence-electron chi connectivity index (χ2n) is 22.3. The highest BCUT2D eigenvalue weighted by Gasteiger charge is 2.74. The quantitative estimate of drug-likeness (QED) is 0.0912. The first kappa shape index (κ1) is 49.5. The first-order chi connectivity index (χ1) is 30.4. The van der Waals surface area contributed by atoms with Crippen molar-refractivity contribution >= 4 is 11.9 Å². The minimum absolute atomic E-state index is 0.0481. The van der Waals surface area contributed by atoms with Gasteiger partial charge >= 0.3 is 11.9 Å². The molecule has 0 aromatic carbocycles. The molecule has 0 radical (unpaired) electrons. The topological polar surface area (TPSA) is 292 Å². The van der Waals surface area contributed by atoms with Crippen molar-refractivity contribution in [3.05, 3.63) is 11.6 Å². The van der Waals surface area contributed by atoms with E-state index < -0.39 is 138 Å². The van der Waals surface area contributed by atoms with E-state index in [0.29, 0.717) is 44.9 Å². The Morgan fingerprint density at radius 3 is 2.09 bits per heavy atom. The molecule has 5 aliphatic carbocycles. The minimum Gasteiger partial charge on any atom is -0.481 e. The van der Waals surface area contributed by atoms with Gasteiger partial charge in [0.15, 0.2) is 12.6 Å². The maximum absolute atomic E-state index is 14.7. The van der Waals surface area contributed by atoms with E-state index in [1.54, 1.807) is 6.92 Å². The molecule has 0 bridgehead atoms. The van der Waals surface area contributed by atoms with Gasteiger partial charge in [0.2, 0.25) is 6.29 Å². The van der Waals surface area contributed by atoms with Gasteiger partial charge in [-0.2, -0.15) is 0 Å².